The number of carboxylic acids is 1. The SMILES string of the molecule is CCc1ccc(-n2c(Br)nnc2SC(C)(C)C(=O)O)c2ccccc12. The van der Waals surface area contributed by atoms with Crippen molar-refractivity contribution in [2.45, 2.75) is 37.1 Å². The second-order valence-corrected chi connectivity index (χ2v) is 8.45. The molecule has 3 rings (SSSR count). The van der Waals surface area contributed by atoms with Crippen molar-refractivity contribution in [3.8, 4) is 5.69 Å². The maximum Gasteiger partial charge on any atom is 0.319 e. The second kappa shape index (κ2) is 6.80. The summed E-state index contributed by atoms with van der Waals surface area (Å²) in [6.07, 6.45) is 0.942. The van der Waals surface area contributed by atoms with E-state index in [9.17, 15) is 9.90 Å². The lowest BCUT2D eigenvalue weighted by Crippen LogP contribution is -2.27. The maximum atomic E-state index is 11.5. The Morgan fingerprint density at radius 3 is 2.52 bits per heavy atom. The minimum Gasteiger partial charge on any atom is -0.480 e. The van der Waals surface area contributed by atoms with Crippen LogP contribution in [0.3, 0.4) is 0 Å². The van der Waals surface area contributed by atoms with E-state index in [-0.39, 0.29) is 0 Å². The number of aryl methyl sites for hydroxylation is 1. The van der Waals surface area contributed by atoms with Crippen molar-refractivity contribution in [1.82, 2.24) is 14.8 Å². The van der Waals surface area contributed by atoms with Gasteiger partial charge in [0.25, 0.3) is 0 Å². The number of halogens is 1. The number of carbonyl (C=O) groups is 1. The Hall–Kier alpha value is -1.86. The number of hydrogen-bond donors (Lipinski definition) is 1. The van der Waals surface area contributed by atoms with Crippen molar-refractivity contribution in [1.29, 1.82) is 0 Å². The van der Waals surface area contributed by atoms with Crippen molar-refractivity contribution in [3.05, 3.63) is 46.7 Å². The van der Waals surface area contributed by atoms with Crippen LogP contribution in [0.1, 0.15) is 26.3 Å². The van der Waals surface area contributed by atoms with E-state index in [0.717, 1.165) is 17.5 Å². The summed E-state index contributed by atoms with van der Waals surface area (Å²) in [5.41, 5.74) is 2.19. The van der Waals surface area contributed by atoms with Crippen LogP contribution in [0.2, 0.25) is 0 Å². The van der Waals surface area contributed by atoms with Crippen LogP contribution in [0.5, 0.6) is 0 Å². The van der Waals surface area contributed by atoms with Crippen LogP contribution in [-0.2, 0) is 11.2 Å². The highest BCUT2D eigenvalue weighted by Crippen LogP contribution is 2.36. The van der Waals surface area contributed by atoms with Crippen molar-refractivity contribution in [3.63, 3.8) is 0 Å². The molecule has 0 atom stereocenters. The zero-order valence-electron chi connectivity index (χ0n) is 14.2. The molecule has 25 heavy (non-hydrogen) atoms. The van der Waals surface area contributed by atoms with E-state index in [1.54, 1.807) is 13.8 Å². The zero-order chi connectivity index (χ0) is 18.2. The molecule has 0 bridgehead atoms. The largest absolute Gasteiger partial charge is 0.480 e. The van der Waals surface area contributed by atoms with Crippen LogP contribution in [0.4, 0.5) is 0 Å². The standard InChI is InChI=1S/C18H18BrN3O2S/c1-4-11-9-10-14(13-8-6-5-7-12(11)13)22-16(19)20-21-17(22)25-18(2,3)15(23)24/h5-10H,4H2,1-3H3,(H,23,24). The summed E-state index contributed by atoms with van der Waals surface area (Å²) in [6.45, 7) is 5.45. The van der Waals surface area contributed by atoms with Crippen LogP contribution in [0.15, 0.2) is 46.3 Å². The fraction of sp³-hybridized carbons (Fsp3) is 0.278. The van der Waals surface area contributed by atoms with Gasteiger partial charge in [0.2, 0.25) is 4.73 Å². The Morgan fingerprint density at radius 1 is 1.20 bits per heavy atom. The fourth-order valence-corrected chi connectivity index (χ4v) is 4.10. The lowest BCUT2D eigenvalue weighted by atomic mass is 10.0. The third-order valence-corrected chi connectivity index (χ3v) is 5.71. The number of thioether (sulfide) groups is 1. The normalized spacial score (nSPS) is 11.8. The van der Waals surface area contributed by atoms with Gasteiger partial charge in [-0.2, -0.15) is 0 Å². The van der Waals surface area contributed by atoms with Gasteiger partial charge in [-0.05, 0) is 53.2 Å². The minimum absolute atomic E-state index is 0.536. The molecule has 0 spiro atoms. The summed E-state index contributed by atoms with van der Waals surface area (Å²) >= 11 is 4.62. The molecular weight excluding hydrogens is 402 g/mol. The Kier molecular flexibility index (Phi) is 4.88. The summed E-state index contributed by atoms with van der Waals surface area (Å²) in [5, 5.41) is 20.5. The number of aromatic nitrogens is 3. The van der Waals surface area contributed by atoms with Gasteiger partial charge in [0.05, 0.1) is 5.69 Å². The van der Waals surface area contributed by atoms with E-state index < -0.39 is 10.7 Å². The Balaban J connectivity index is 2.20. The predicted octanol–water partition coefficient (Wildman–Crippen LogP) is 4.70. The van der Waals surface area contributed by atoms with Crippen LogP contribution in [-0.4, -0.2) is 30.6 Å². The van der Waals surface area contributed by atoms with Crippen LogP contribution in [0, 0.1) is 0 Å². The highest BCUT2D eigenvalue weighted by molar-refractivity contribution is 9.10. The zero-order valence-corrected chi connectivity index (χ0v) is 16.6. The molecule has 0 aliphatic heterocycles. The van der Waals surface area contributed by atoms with Gasteiger partial charge >= 0.3 is 5.97 Å². The molecule has 1 aromatic heterocycles. The summed E-state index contributed by atoms with van der Waals surface area (Å²) in [7, 11) is 0. The van der Waals surface area contributed by atoms with E-state index in [2.05, 4.69) is 51.3 Å². The van der Waals surface area contributed by atoms with Crippen molar-refractivity contribution < 1.29 is 9.90 Å². The first-order chi connectivity index (χ1) is 11.8. The summed E-state index contributed by atoms with van der Waals surface area (Å²) < 4.78 is 1.39. The van der Waals surface area contributed by atoms with Gasteiger partial charge in [-0.25, -0.2) is 0 Å². The first-order valence-electron chi connectivity index (χ1n) is 7.89. The third-order valence-electron chi connectivity index (χ3n) is 4.07. The molecule has 0 fully saturated rings. The summed E-state index contributed by atoms with van der Waals surface area (Å²) in [5.74, 6) is -0.894. The lowest BCUT2D eigenvalue weighted by Gasteiger charge is -2.19. The molecule has 0 amide bonds. The molecule has 0 radical (unpaired) electrons. The molecule has 130 valence electrons. The van der Waals surface area contributed by atoms with Crippen LogP contribution < -0.4 is 0 Å². The highest BCUT2D eigenvalue weighted by atomic mass is 79.9. The number of fused-ring (bicyclic) bond motifs is 1. The summed E-state index contributed by atoms with van der Waals surface area (Å²) in [4.78, 5) is 11.5. The first-order valence-corrected chi connectivity index (χ1v) is 9.50. The molecule has 5 nitrogen and oxygen atoms in total. The van der Waals surface area contributed by atoms with Gasteiger partial charge in [-0.3, -0.25) is 9.36 Å². The van der Waals surface area contributed by atoms with Gasteiger partial charge in [-0.15, -0.1) is 10.2 Å². The highest BCUT2D eigenvalue weighted by Gasteiger charge is 2.32. The number of nitrogens with zero attached hydrogens (tertiary/aromatic N) is 3. The smallest absolute Gasteiger partial charge is 0.319 e. The van der Waals surface area contributed by atoms with Crippen molar-refractivity contribution in [2.75, 3.05) is 0 Å². The molecule has 3 aromatic rings. The topological polar surface area (TPSA) is 68.0 Å². The molecular formula is C18H18BrN3O2S. The van der Waals surface area contributed by atoms with E-state index in [1.807, 2.05) is 22.8 Å². The van der Waals surface area contributed by atoms with Gasteiger partial charge < -0.3 is 5.11 Å². The van der Waals surface area contributed by atoms with E-state index >= 15 is 0 Å². The fourth-order valence-electron chi connectivity index (χ4n) is 2.64. The number of carboxylic acid groups (broad SMARTS) is 1. The molecule has 0 aliphatic rings. The molecule has 2 aromatic carbocycles. The molecule has 1 heterocycles. The Labute approximate surface area is 158 Å². The van der Waals surface area contributed by atoms with Crippen molar-refractivity contribution in [2.24, 2.45) is 0 Å². The summed E-state index contributed by atoms with van der Waals surface area (Å²) in [6, 6.07) is 12.3. The van der Waals surface area contributed by atoms with Crippen LogP contribution >= 0.6 is 27.7 Å². The Morgan fingerprint density at radius 2 is 1.88 bits per heavy atom. The maximum absolute atomic E-state index is 11.5. The van der Waals surface area contributed by atoms with Gasteiger partial charge in [0.15, 0.2) is 5.16 Å². The molecule has 7 heteroatoms. The molecule has 1 N–H and O–H groups in total. The monoisotopic (exact) mass is 419 g/mol. The number of benzene rings is 2. The molecule has 0 aliphatic carbocycles. The van der Waals surface area contributed by atoms with Gasteiger partial charge in [-0.1, -0.05) is 49.0 Å². The van der Waals surface area contributed by atoms with E-state index in [4.69, 9.17) is 0 Å². The van der Waals surface area contributed by atoms with E-state index in [0.29, 0.717) is 9.89 Å². The minimum atomic E-state index is -1.01. The quantitative estimate of drug-likeness (QED) is 0.606. The average Bonchev–Trinajstić information content (AvgIpc) is 2.93. The number of hydrogen-bond acceptors (Lipinski definition) is 4. The Bertz CT molecular complexity index is 953. The lowest BCUT2D eigenvalue weighted by molar-refractivity contribution is -0.138. The second-order valence-electron chi connectivity index (χ2n) is 6.15. The molecule has 0 unspecified atom stereocenters. The van der Waals surface area contributed by atoms with Gasteiger partial charge in [0, 0.05) is 5.39 Å². The number of aliphatic carboxylic acids is 1. The first kappa shape index (κ1) is 17.9. The molecule has 0 saturated heterocycles. The van der Waals surface area contributed by atoms with Crippen molar-refractivity contribution >= 4 is 44.4 Å². The van der Waals surface area contributed by atoms with Crippen LogP contribution in [0.25, 0.3) is 16.5 Å². The number of rotatable bonds is 5. The third kappa shape index (κ3) is 3.30. The average molecular weight is 420 g/mol. The molecule has 0 saturated carbocycles. The predicted molar refractivity (Wildman–Crippen MR) is 104 cm³/mol. The van der Waals surface area contributed by atoms with Gasteiger partial charge in [0.1, 0.15) is 4.75 Å². The van der Waals surface area contributed by atoms with E-state index in [1.165, 1.54) is 22.7 Å².